The quantitative estimate of drug-likeness (QED) is 0.584. The Labute approximate surface area is 82.4 Å². The van der Waals surface area contributed by atoms with Crippen LogP contribution < -0.4 is 0 Å². The lowest BCUT2D eigenvalue weighted by molar-refractivity contribution is -0.129. The first-order valence-corrected chi connectivity index (χ1v) is 4.37. The van der Waals surface area contributed by atoms with Crippen molar-refractivity contribution in [3.05, 3.63) is 35.9 Å². The molecule has 0 amide bonds. The summed E-state index contributed by atoms with van der Waals surface area (Å²) in [6.45, 7) is -0.464. The summed E-state index contributed by atoms with van der Waals surface area (Å²) in [6, 6.07) is 8.83. The van der Waals surface area contributed by atoms with Crippen LogP contribution in [0.4, 0.5) is 0 Å². The van der Waals surface area contributed by atoms with E-state index in [9.17, 15) is 5.11 Å². The van der Waals surface area contributed by atoms with Gasteiger partial charge in [-0.1, -0.05) is 30.3 Å². The lowest BCUT2D eigenvalue weighted by Gasteiger charge is -2.14. The van der Waals surface area contributed by atoms with Gasteiger partial charge < -0.3 is 20.1 Å². The second-order valence-electron chi connectivity index (χ2n) is 2.93. The molecule has 0 aliphatic heterocycles. The summed E-state index contributed by atoms with van der Waals surface area (Å²) in [5, 5.41) is 26.9. The molecule has 0 bridgehead atoms. The average Bonchev–Trinajstić information content (AvgIpc) is 2.26. The highest BCUT2D eigenvalue weighted by Crippen LogP contribution is 2.13. The predicted octanol–water partition coefficient (Wildman–Crippen LogP) is 0.0473. The second kappa shape index (κ2) is 5.72. The zero-order valence-electron chi connectivity index (χ0n) is 7.71. The van der Waals surface area contributed by atoms with Crippen molar-refractivity contribution >= 4 is 0 Å². The van der Waals surface area contributed by atoms with E-state index in [1.54, 1.807) is 24.3 Å². The molecule has 4 nitrogen and oxygen atoms in total. The lowest BCUT2D eigenvalue weighted by atomic mass is 10.2. The van der Waals surface area contributed by atoms with Crippen LogP contribution in [0.2, 0.25) is 0 Å². The van der Waals surface area contributed by atoms with E-state index in [0.29, 0.717) is 5.56 Å². The molecule has 0 spiro atoms. The van der Waals surface area contributed by atoms with Crippen LogP contribution in [-0.2, 0) is 4.74 Å². The minimum Gasteiger partial charge on any atom is -0.394 e. The normalized spacial score (nSPS) is 15.1. The van der Waals surface area contributed by atoms with Gasteiger partial charge in [0.15, 0.2) is 6.29 Å². The van der Waals surface area contributed by atoms with E-state index in [2.05, 4.69) is 0 Å². The van der Waals surface area contributed by atoms with Crippen LogP contribution in [0.25, 0.3) is 0 Å². The van der Waals surface area contributed by atoms with Crippen LogP contribution >= 0.6 is 0 Å². The maximum atomic E-state index is 9.45. The van der Waals surface area contributed by atoms with Crippen LogP contribution in [-0.4, -0.2) is 34.6 Å². The molecule has 2 atom stereocenters. The maximum Gasteiger partial charge on any atom is 0.181 e. The molecule has 0 saturated carbocycles. The topological polar surface area (TPSA) is 69.9 Å². The van der Waals surface area contributed by atoms with Crippen LogP contribution in [0.5, 0.6) is 0 Å². The zero-order chi connectivity index (χ0) is 10.4. The number of hydrogen-bond acceptors (Lipinski definition) is 4. The smallest absolute Gasteiger partial charge is 0.181 e. The fourth-order valence-corrected chi connectivity index (χ4v) is 0.969. The van der Waals surface area contributed by atoms with Gasteiger partial charge >= 0.3 is 0 Å². The van der Waals surface area contributed by atoms with Gasteiger partial charge in [-0.2, -0.15) is 0 Å². The molecule has 0 aliphatic rings. The van der Waals surface area contributed by atoms with Crippen molar-refractivity contribution in [3.8, 4) is 0 Å². The Balaban J connectivity index is 2.39. The Kier molecular flexibility index (Phi) is 4.55. The zero-order valence-corrected chi connectivity index (χ0v) is 7.71. The second-order valence-corrected chi connectivity index (χ2v) is 2.93. The van der Waals surface area contributed by atoms with Gasteiger partial charge in [0.2, 0.25) is 0 Å². The van der Waals surface area contributed by atoms with Crippen molar-refractivity contribution < 1.29 is 20.1 Å². The molecule has 1 rings (SSSR count). The Morgan fingerprint density at radius 3 is 2.36 bits per heavy atom. The minimum atomic E-state index is -1.06. The highest BCUT2D eigenvalue weighted by molar-refractivity contribution is 5.15. The third-order valence-corrected chi connectivity index (χ3v) is 1.74. The summed E-state index contributed by atoms with van der Waals surface area (Å²) in [5.74, 6) is 0. The van der Waals surface area contributed by atoms with Gasteiger partial charge in [-0.15, -0.1) is 0 Å². The largest absolute Gasteiger partial charge is 0.394 e. The molecule has 0 heterocycles. The number of aliphatic hydroxyl groups excluding tert-OH is 3. The van der Waals surface area contributed by atoms with Crippen LogP contribution in [0.1, 0.15) is 11.9 Å². The molecule has 0 fully saturated rings. The van der Waals surface area contributed by atoms with E-state index in [-0.39, 0.29) is 13.2 Å². The molecule has 0 aliphatic carbocycles. The van der Waals surface area contributed by atoms with Crippen LogP contribution in [0.15, 0.2) is 30.3 Å². The van der Waals surface area contributed by atoms with E-state index >= 15 is 0 Å². The number of ether oxygens (including phenoxy) is 1. The standard InChI is InChI=1S/C10H14O4/c11-6-9(12)7-14-10(13)8-4-2-1-3-5-8/h1-5,9-13H,6-7H2. The fraction of sp³-hybridized carbons (Fsp3) is 0.400. The summed E-state index contributed by atoms with van der Waals surface area (Å²) in [6.07, 6.45) is -2.01. The molecular weight excluding hydrogens is 184 g/mol. The van der Waals surface area contributed by atoms with E-state index in [1.807, 2.05) is 6.07 Å². The summed E-state index contributed by atoms with van der Waals surface area (Å²) in [7, 11) is 0. The first-order valence-electron chi connectivity index (χ1n) is 4.37. The highest BCUT2D eigenvalue weighted by Gasteiger charge is 2.09. The molecule has 0 saturated heterocycles. The highest BCUT2D eigenvalue weighted by atomic mass is 16.6. The van der Waals surface area contributed by atoms with Crippen molar-refractivity contribution in [3.63, 3.8) is 0 Å². The monoisotopic (exact) mass is 198 g/mol. The molecule has 0 radical (unpaired) electrons. The lowest BCUT2D eigenvalue weighted by Crippen LogP contribution is -2.21. The summed E-state index contributed by atoms with van der Waals surface area (Å²) >= 11 is 0. The van der Waals surface area contributed by atoms with Crippen LogP contribution in [0.3, 0.4) is 0 Å². The molecule has 2 unspecified atom stereocenters. The number of hydrogen-bond donors (Lipinski definition) is 3. The van der Waals surface area contributed by atoms with Gasteiger partial charge in [0.05, 0.1) is 13.2 Å². The predicted molar refractivity (Wildman–Crippen MR) is 50.4 cm³/mol. The SMILES string of the molecule is OCC(O)COC(O)c1ccccc1. The molecular formula is C10H14O4. The summed E-state index contributed by atoms with van der Waals surface area (Å²) in [4.78, 5) is 0. The van der Waals surface area contributed by atoms with E-state index < -0.39 is 12.4 Å². The van der Waals surface area contributed by atoms with Gasteiger partial charge in [-0.3, -0.25) is 0 Å². The Morgan fingerprint density at radius 2 is 1.79 bits per heavy atom. The van der Waals surface area contributed by atoms with Gasteiger partial charge in [-0.25, -0.2) is 0 Å². The minimum absolute atomic E-state index is 0.0907. The van der Waals surface area contributed by atoms with Crippen molar-refractivity contribution in [1.82, 2.24) is 0 Å². The molecule has 0 aromatic heterocycles. The van der Waals surface area contributed by atoms with Crippen molar-refractivity contribution in [2.75, 3.05) is 13.2 Å². The molecule has 3 N–H and O–H groups in total. The Hall–Kier alpha value is -0.940. The molecule has 78 valence electrons. The number of rotatable bonds is 5. The van der Waals surface area contributed by atoms with Crippen molar-refractivity contribution in [2.45, 2.75) is 12.4 Å². The molecule has 4 heteroatoms. The Bertz CT molecular complexity index is 250. The van der Waals surface area contributed by atoms with E-state index in [4.69, 9.17) is 14.9 Å². The summed E-state index contributed by atoms with van der Waals surface area (Å²) in [5.41, 5.74) is 0.623. The maximum absolute atomic E-state index is 9.45. The summed E-state index contributed by atoms with van der Waals surface area (Å²) < 4.78 is 4.93. The van der Waals surface area contributed by atoms with Gasteiger partial charge in [0.1, 0.15) is 6.10 Å². The van der Waals surface area contributed by atoms with Gasteiger partial charge in [0.25, 0.3) is 0 Å². The van der Waals surface area contributed by atoms with Crippen LogP contribution in [0, 0.1) is 0 Å². The third kappa shape index (κ3) is 3.43. The van der Waals surface area contributed by atoms with Gasteiger partial charge in [-0.05, 0) is 0 Å². The number of benzene rings is 1. The fourth-order valence-electron chi connectivity index (χ4n) is 0.969. The average molecular weight is 198 g/mol. The third-order valence-electron chi connectivity index (χ3n) is 1.74. The Morgan fingerprint density at radius 1 is 1.14 bits per heavy atom. The van der Waals surface area contributed by atoms with E-state index in [1.165, 1.54) is 0 Å². The van der Waals surface area contributed by atoms with Gasteiger partial charge in [0, 0.05) is 5.56 Å². The number of aliphatic hydroxyl groups is 3. The first kappa shape index (κ1) is 11.1. The van der Waals surface area contributed by atoms with Crippen molar-refractivity contribution in [2.24, 2.45) is 0 Å². The molecule has 1 aromatic rings. The van der Waals surface area contributed by atoms with E-state index in [0.717, 1.165) is 0 Å². The first-order chi connectivity index (χ1) is 6.74. The molecule has 14 heavy (non-hydrogen) atoms. The molecule has 1 aromatic carbocycles. The van der Waals surface area contributed by atoms with Crippen molar-refractivity contribution in [1.29, 1.82) is 0 Å².